The molecule has 0 saturated carbocycles. The molecule has 0 bridgehead atoms. The Morgan fingerprint density at radius 2 is 1.95 bits per heavy atom. The molecule has 1 rings (SSSR count). The van der Waals surface area contributed by atoms with Gasteiger partial charge in [-0.15, -0.1) is 0 Å². The second-order valence-corrected chi connectivity index (χ2v) is 4.72. The van der Waals surface area contributed by atoms with Gasteiger partial charge in [0, 0.05) is 26.1 Å². The standard InChI is InChI=1S/C15H24N2O2/c1-12(16-10-11-17-13(2)18)4-5-14-6-8-15(19-3)9-7-14/h6-9,12,16H,4-5,10-11H2,1-3H3,(H,17,18). The van der Waals surface area contributed by atoms with Gasteiger partial charge in [-0.05, 0) is 37.5 Å². The van der Waals surface area contributed by atoms with Crippen LogP contribution in [0, 0.1) is 0 Å². The highest BCUT2D eigenvalue weighted by Crippen LogP contribution is 2.13. The molecule has 0 aliphatic carbocycles. The first-order valence-corrected chi connectivity index (χ1v) is 6.72. The van der Waals surface area contributed by atoms with E-state index in [1.165, 1.54) is 12.5 Å². The van der Waals surface area contributed by atoms with Crippen LogP contribution in [-0.4, -0.2) is 32.1 Å². The zero-order valence-corrected chi connectivity index (χ0v) is 12.0. The molecule has 0 aliphatic heterocycles. The van der Waals surface area contributed by atoms with Crippen LogP contribution in [0.15, 0.2) is 24.3 Å². The van der Waals surface area contributed by atoms with Gasteiger partial charge in [0.25, 0.3) is 0 Å². The molecule has 4 nitrogen and oxygen atoms in total. The number of nitrogens with one attached hydrogen (secondary N) is 2. The molecule has 0 heterocycles. The van der Waals surface area contributed by atoms with Crippen molar-refractivity contribution in [2.75, 3.05) is 20.2 Å². The Kier molecular flexibility index (Phi) is 6.97. The summed E-state index contributed by atoms with van der Waals surface area (Å²) in [6, 6.07) is 8.62. The van der Waals surface area contributed by atoms with Crippen LogP contribution in [0.1, 0.15) is 25.8 Å². The van der Waals surface area contributed by atoms with Crippen LogP contribution >= 0.6 is 0 Å². The summed E-state index contributed by atoms with van der Waals surface area (Å²) in [6.45, 7) is 5.19. The average molecular weight is 264 g/mol. The molecule has 1 aromatic carbocycles. The maximum absolute atomic E-state index is 10.7. The van der Waals surface area contributed by atoms with Crippen molar-refractivity contribution >= 4 is 5.91 Å². The molecule has 1 unspecified atom stereocenters. The summed E-state index contributed by atoms with van der Waals surface area (Å²) in [7, 11) is 1.68. The Morgan fingerprint density at radius 1 is 1.26 bits per heavy atom. The highest BCUT2D eigenvalue weighted by Gasteiger charge is 2.02. The maximum atomic E-state index is 10.7. The lowest BCUT2D eigenvalue weighted by Crippen LogP contribution is -2.35. The molecule has 2 N–H and O–H groups in total. The largest absolute Gasteiger partial charge is 0.497 e. The summed E-state index contributed by atoms with van der Waals surface area (Å²) in [5, 5.41) is 6.16. The molecule has 0 aromatic heterocycles. The number of amides is 1. The third-order valence-electron chi connectivity index (χ3n) is 3.02. The van der Waals surface area contributed by atoms with E-state index in [9.17, 15) is 4.79 Å². The molecule has 19 heavy (non-hydrogen) atoms. The van der Waals surface area contributed by atoms with E-state index in [1.807, 2.05) is 12.1 Å². The Labute approximate surface area is 115 Å². The number of ether oxygens (including phenoxy) is 1. The van der Waals surface area contributed by atoms with Crippen molar-refractivity contribution in [2.45, 2.75) is 32.7 Å². The minimum Gasteiger partial charge on any atom is -0.497 e. The third kappa shape index (κ3) is 6.82. The summed E-state index contributed by atoms with van der Waals surface area (Å²) in [4.78, 5) is 10.7. The summed E-state index contributed by atoms with van der Waals surface area (Å²) in [5.41, 5.74) is 1.32. The van der Waals surface area contributed by atoms with Crippen molar-refractivity contribution in [1.29, 1.82) is 0 Å². The van der Waals surface area contributed by atoms with E-state index in [4.69, 9.17) is 4.74 Å². The highest BCUT2D eigenvalue weighted by atomic mass is 16.5. The predicted octanol–water partition coefficient (Wildman–Crippen LogP) is 1.74. The van der Waals surface area contributed by atoms with Gasteiger partial charge in [0.1, 0.15) is 5.75 Å². The molecule has 1 aromatic rings. The van der Waals surface area contributed by atoms with Crippen molar-refractivity contribution < 1.29 is 9.53 Å². The number of methoxy groups -OCH3 is 1. The maximum Gasteiger partial charge on any atom is 0.216 e. The number of carbonyl (C=O) groups is 1. The number of benzene rings is 1. The van der Waals surface area contributed by atoms with Crippen molar-refractivity contribution in [2.24, 2.45) is 0 Å². The molecule has 0 fully saturated rings. The molecule has 4 heteroatoms. The predicted molar refractivity (Wildman–Crippen MR) is 77.5 cm³/mol. The fourth-order valence-corrected chi connectivity index (χ4v) is 1.83. The monoisotopic (exact) mass is 264 g/mol. The van der Waals surface area contributed by atoms with Crippen molar-refractivity contribution in [1.82, 2.24) is 10.6 Å². The average Bonchev–Trinajstić information content (AvgIpc) is 2.41. The summed E-state index contributed by atoms with van der Waals surface area (Å²) < 4.78 is 5.13. The van der Waals surface area contributed by atoms with Crippen LogP contribution in [0.2, 0.25) is 0 Å². The van der Waals surface area contributed by atoms with Gasteiger partial charge in [0.2, 0.25) is 5.91 Å². The molecular weight excluding hydrogens is 240 g/mol. The lowest BCUT2D eigenvalue weighted by molar-refractivity contribution is -0.118. The first kappa shape index (κ1) is 15.5. The number of hydrogen-bond acceptors (Lipinski definition) is 3. The van der Waals surface area contributed by atoms with Gasteiger partial charge in [-0.3, -0.25) is 4.79 Å². The van der Waals surface area contributed by atoms with Crippen LogP contribution in [0.3, 0.4) is 0 Å². The van der Waals surface area contributed by atoms with Crippen molar-refractivity contribution in [3.8, 4) is 5.75 Å². The van der Waals surface area contributed by atoms with E-state index in [1.54, 1.807) is 7.11 Å². The first-order chi connectivity index (χ1) is 9.11. The van der Waals surface area contributed by atoms with E-state index < -0.39 is 0 Å². The Bertz CT molecular complexity index is 376. The molecule has 0 radical (unpaired) electrons. The van der Waals surface area contributed by atoms with Crippen LogP contribution in [0.25, 0.3) is 0 Å². The van der Waals surface area contributed by atoms with E-state index in [-0.39, 0.29) is 5.91 Å². The van der Waals surface area contributed by atoms with Gasteiger partial charge >= 0.3 is 0 Å². The minimum atomic E-state index is 0.0210. The third-order valence-corrected chi connectivity index (χ3v) is 3.02. The van der Waals surface area contributed by atoms with E-state index in [0.717, 1.165) is 25.1 Å². The van der Waals surface area contributed by atoms with Crippen molar-refractivity contribution in [3.05, 3.63) is 29.8 Å². The topological polar surface area (TPSA) is 50.4 Å². The SMILES string of the molecule is COc1ccc(CCC(C)NCCNC(C)=O)cc1. The van der Waals surface area contributed by atoms with Gasteiger partial charge in [0.15, 0.2) is 0 Å². The lowest BCUT2D eigenvalue weighted by atomic mass is 10.1. The van der Waals surface area contributed by atoms with Crippen LogP contribution in [0.5, 0.6) is 5.75 Å². The lowest BCUT2D eigenvalue weighted by Gasteiger charge is -2.14. The van der Waals surface area contributed by atoms with Gasteiger partial charge in [-0.25, -0.2) is 0 Å². The van der Waals surface area contributed by atoms with E-state index in [2.05, 4.69) is 29.7 Å². The second-order valence-electron chi connectivity index (χ2n) is 4.72. The van der Waals surface area contributed by atoms with Gasteiger partial charge in [-0.1, -0.05) is 12.1 Å². The Balaban J connectivity index is 2.18. The molecule has 106 valence electrons. The molecule has 1 amide bonds. The van der Waals surface area contributed by atoms with E-state index >= 15 is 0 Å². The quantitative estimate of drug-likeness (QED) is 0.703. The normalized spacial score (nSPS) is 11.9. The summed E-state index contributed by atoms with van der Waals surface area (Å²) in [5.74, 6) is 0.915. The number of carbonyl (C=O) groups excluding carboxylic acids is 1. The fraction of sp³-hybridized carbons (Fsp3) is 0.533. The first-order valence-electron chi connectivity index (χ1n) is 6.72. The molecule has 1 atom stereocenters. The summed E-state index contributed by atoms with van der Waals surface area (Å²) in [6.07, 6.45) is 2.12. The van der Waals surface area contributed by atoms with Gasteiger partial charge in [-0.2, -0.15) is 0 Å². The molecule has 0 aliphatic rings. The Hall–Kier alpha value is -1.55. The zero-order valence-electron chi connectivity index (χ0n) is 12.0. The van der Waals surface area contributed by atoms with Gasteiger partial charge in [0.05, 0.1) is 7.11 Å². The Morgan fingerprint density at radius 3 is 2.53 bits per heavy atom. The van der Waals surface area contributed by atoms with Crippen LogP contribution in [0.4, 0.5) is 0 Å². The number of hydrogen-bond donors (Lipinski definition) is 2. The van der Waals surface area contributed by atoms with Crippen LogP contribution < -0.4 is 15.4 Å². The highest BCUT2D eigenvalue weighted by molar-refractivity contribution is 5.72. The molecular formula is C15H24N2O2. The van der Waals surface area contributed by atoms with Gasteiger partial charge < -0.3 is 15.4 Å². The molecule has 0 spiro atoms. The zero-order chi connectivity index (χ0) is 14.1. The smallest absolute Gasteiger partial charge is 0.216 e. The van der Waals surface area contributed by atoms with E-state index in [0.29, 0.717) is 12.6 Å². The number of aryl methyl sites for hydroxylation is 1. The number of rotatable bonds is 8. The van der Waals surface area contributed by atoms with Crippen LogP contribution in [-0.2, 0) is 11.2 Å². The fourth-order valence-electron chi connectivity index (χ4n) is 1.83. The minimum absolute atomic E-state index is 0.0210. The second kappa shape index (κ2) is 8.53. The summed E-state index contributed by atoms with van der Waals surface area (Å²) >= 11 is 0. The molecule has 0 saturated heterocycles. The van der Waals surface area contributed by atoms with Crippen molar-refractivity contribution in [3.63, 3.8) is 0 Å².